The molecule has 0 saturated carbocycles. The molecule has 1 N–H and O–H groups in total. The van der Waals surface area contributed by atoms with Crippen molar-refractivity contribution in [1.29, 1.82) is 0 Å². The van der Waals surface area contributed by atoms with Crippen molar-refractivity contribution in [1.82, 2.24) is 10.2 Å². The first-order valence-electron chi connectivity index (χ1n) is 8.40. The minimum atomic E-state index is 0.433. The summed E-state index contributed by atoms with van der Waals surface area (Å²) in [4.78, 5) is 4.75. The van der Waals surface area contributed by atoms with Crippen LogP contribution in [0.3, 0.4) is 0 Å². The third kappa shape index (κ3) is 5.33. The van der Waals surface area contributed by atoms with E-state index in [9.17, 15) is 0 Å². The van der Waals surface area contributed by atoms with Gasteiger partial charge in [0.1, 0.15) is 0 Å². The van der Waals surface area contributed by atoms with Gasteiger partial charge in [0, 0.05) is 25.8 Å². The van der Waals surface area contributed by atoms with Gasteiger partial charge in [0.2, 0.25) is 0 Å². The third-order valence-corrected chi connectivity index (χ3v) is 4.46. The molecule has 3 heteroatoms. The Labute approximate surface area is 130 Å². The normalized spacial score (nSPS) is 17.7. The molecule has 1 aromatic carbocycles. The monoisotopic (exact) mass is 289 g/mol. The molecule has 1 aliphatic heterocycles. The van der Waals surface area contributed by atoms with E-state index in [1.54, 1.807) is 0 Å². The average Bonchev–Trinajstić information content (AvgIpc) is 2.52. The number of nitrogens with zero attached hydrogens (tertiary/aromatic N) is 2. The van der Waals surface area contributed by atoms with Gasteiger partial charge < -0.3 is 15.1 Å². The van der Waals surface area contributed by atoms with Gasteiger partial charge >= 0.3 is 0 Å². The molecule has 1 fully saturated rings. The quantitative estimate of drug-likeness (QED) is 0.777. The first-order valence-corrected chi connectivity index (χ1v) is 8.40. The van der Waals surface area contributed by atoms with Gasteiger partial charge in [-0.2, -0.15) is 0 Å². The Morgan fingerprint density at radius 3 is 2.38 bits per heavy atom. The molecule has 1 saturated heterocycles. The lowest BCUT2D eigenvalue weighted by Crippen LogP contribution is -2.32. The van der Waals surface area contributed by atoms with E-state index < -0.39 is 0 Å². The molecule has 0 radical (unpaired) electrons. The molecule has 2 rings (SSSR count). The molecule has 118 valence electrons. The zero-order chi connectivity index (χ0) is 15.1. The van der Waals surface area contributed by atoms with E-state index in [0.29, 0.717) is 6.04 Å². The van der Waals surface area contributed by atoms with Gasteiger partial charge in [0.25, 0.3) is 0 Å². The minimum Gasteiger partial charge on any atom is -0.378 e. The fourth-order valence-corrected chi connectivity index (χ4v) is 2.98. The summed E-state index contributed by atoms with van der Waals surface area (Å²) in [5.74, 6) is 0. The van der Waals surface area contributed by atoms with Crippen molar-refractivity contribution < 1.29 is 0 Å². The molecular weight excluding hydrogens is 258 g/mol. The molecule has 0 spiro atoms. The number of hydrogen-bond donors (Lipinski definition) is 1. The van der Waals surface area contributed by atoms with Crippen LogP contribution in [0.2, 0.25) is 0 Å². The van der Waals surface area contributed by atoms with Gasteiger partial charge in [-0.15, -0.1) is 0 Å². The number of nitrogens with one attached hydrogen (secondary N) is 1. The van der Waals surface area contributed by atoms with Crippen LogP contribution < -0.4 is 10.2 Å². The van der Waals surface area contributed by atoms with Crippen LogP contribution in [-0.4, -0.2) is 45.2 Å². The van der Waals surface area contributed by atoms with Gasteiger partial charge in [0.05, 0.1) is 0 Å². The SMILES string of the molecule is CC(NCCCN1CCCCC1)c1ccc(N(C)C)cc1. The molecule has 1 aliphatic rings. The van der Waals surface area contributed by atoms with Crippen LogP contribution in [0.4, 0.5) is 5.69 Å². The highest BCUT2D eigenvalue weighted by molar-refractivity contribution is 5.46. The van der Waals surface area contributed by atoms with Gasteiger partial charge in [-0.1, -0.05) is 18.6 Å². The van der Waals surface area contributed by atoms with E-state index in [1.165, 1.54) is 56.6 Å². The van der Waals surface area contributed by atoms with Crippen molar-refractivity contribution in [2.45, 2.75) is 38.6 Å². The molecule has 1 aromatic rings. The standard InChI is InChI=1S/C18H31N3/c1-16(17-8-10-18(11-9-17)20(2)3)19-12-7-15-21-13-5-4-6-14-21/h8-11,16,19H,4-7,12-15H2,1-3H3. The number of rotatable bonds is 7. The van der Waals surface area contributed by atoms with Gasteiger partial charge in [-0.25, -0.2) is 0 Å². The number of piperidine rings is 1. The van der Waals surface area contributed by atoms with E-state index in [4.69, 9.17) is 0 Å². The van der Waals surface area contributed by atoms with Crippen LogP contribution in [0, 0.1) is 0 Å². The van der Waals surface area contributed by atoms with Crippen molar-refractivity contribution in [2.24, 2.45) is 0 Å². The van der Waals surface area contributed by atoms with Crippen molar-refractivity contribution >= 4 is 5.69 Å². The molecule has 1 heterocycles. The highest BCUT2D eigenvalue weighted by Crippen LogP contribution is 2.17. The zero-order valence-corrected chi connectivity index (χ0v) is 13.9. The van der Waals surface area contributed by atoms with Crippen molar-refractivity contribution in [3.8, 4) is 0 Å². The van der Waals surface area contributed by atoms with Crippen molar-refractivity contribution in [2.75, 3.05) is 45.2 Å². The van der Waals surface area contributed by atoms with E-state index in [-0.39, 0.29) is 0 Å². The summed E-state index contributed by atoms with van der Waals surface area (Å²) < 4.78 is 0. The Morgan fingerprint density at radius 1 is 1.10 bits per heavy atom. The van der Waals surface area contributed by atoms with Crippen molar-refractivity contribution in [3.05, 3.63) is 29.8 Å². The van der Waals surface area contributed by atoms with E-state index in [2.05, 4.69) is 60.4 Å². The highest BCUT2D eigenvalue weighted by atomic mass is 15.1. The van der Waals surface area contributed by atoms with Gasteiger partial charge in [0.15, 0.2) is 0 Å². The maximum atomic E-state index is 3.65. The summed E-state index contributed by atoms with van der Waals surface area (Å²) in [5, 5.41) is 3.65. The Morgan fingerprint density at radius 2 is 1.76 bits per heavy atom. The summed E-state index contributed by atoms with van der Waals surface area (Å²) in [7, 11) is 4.16. The van der Waals surface area contributed by atoms with E-state index in [1.807, 2.05) is 0 Å². The predicted molar refractivity (Wildman–Crippen MR) is 92.1 cm³/mol. The Kier molecular flexibility index (Phi) is 6.52. The summed E-state index contributed by atoms with van der Waals surface area (Å²) >= 11 is 0. The maximum absolute atomic E-state index is 3.65. The molecule has 0 amide bonds. The number of hydrogen-bond acceptors (Lipinski definition) is 3. The molecule has 1 atom stereocenters. The van der Waals surface area contributed by atoms with Gasteiger partial charge in [-0.3, -0.25) is 0 Å². The smallest absolute Gasteiger partial charge is 0.0361 e. The van der Waals surface area contributed by atoms with Crippen LogP contribution in [0.1, 0.15) is 44.2 Å². The van der Waals surface area contributed by atoms with Crippen LogP contribution in [-0.2, 0) is 0 Å². The topological polar surface area (TPSA) is 18.5 Å². The predicted octanol–water partition coefficient (Wildman–Crippen LogP) is 3.28. The second-order valence-corrected chi connectivity index (χ2v) is 6.42. The van der Waals surface area contributed by atoms with Crippen molar-refractivity contribution in [3.63, 3.8) is 0 Å². The summed E-state index contributed by atoms with van der Waals surface area (Å²) in [6.45, 7) is 7.22. The fourth-order valence-electron chi connectivity index (χ4n) is 2.98. The highest BCUT2D eigenvalue weighted by Gasteiger charge is 2.09. The fraction of sp³-hybridized carbons (Fsp3) is 0.667. The van der Waals surface area contributed by atoms with E-state index in [0.717, 1.165) is 6.54 Å². The molecule has 3 nitrogen and oxygen atoms in total. The molecular formula is C18H31N3. The second kappa shape index (κ2) is 8.40. The maximum Gasteiger partial charge on any atom is 0.0361 e. The summed E-state index contributed by atoms with van der Waals surface area (Å²) in [6.07, 6.45) is 5.46. The number of anilines is 1. The molecule has 0 bridgehead atoms. The largest absolute Gasteiger partial charge is 0.378 e. The first kappa shape index (κ1) is 16.3. The lowest BCUT2D eigenvalue weighted by atomic mass is 10.1. The number of likely N-dealkylation sites (tertiary alicyclic amines) is 1. The van der Waals surface area contributed by atoms with Crippen LogP contribution in [0.25, 0.3) is 0 Å². The second-order valence-electron chi connectivity index (χ2n) is 6.42. The lowest BCUT2D eigenvalue weighted by Gasteiger charge is -2.26. The molecule has 21 heavy (non-hydrogen) atoms. The Balaban J connectivity index is 1.67. The first-order chi connectivity index (χ1) is 10.2. The minimum absolute atomic E-state index is 0.433. The zero-order valence-electron chi connectivity index (χ0n) is 13.9. The summed E-state index contributed by atoms with van der Waals surface area (Å²) in [5.41, 5.74) is 2.63. The van der Waals surface area contributed by atoms with Gasteiger partial charge in [-0.05, 0) is 70.1 Å². The lowest BCUT2D eigenvalue weighted by molar-refractivity contribution is 0.225. The molecule has 0 aromatic heterocycles. The van der Waals surface area contributed by atoms with Crippen LogP contribution in [0.15, 0.2) is 24.3 Å². The molecule has 1 unspecified atom stereocenters. The summed E-state index contributed by atoms with van der Waals surface area (Å²) in [6, 6.07) is 9.29. The van der Waals surface area contributed by atoms with Crippen LogP contribution >= 0.6 is 0 Å². The third-order valence-electron chi connectivity index (χ3n) is 4.46. The van der Waals surface area contributed by atoms with Crippen LogP contribution in [0.5, 0.6) is 0 Å². The Bertz CT molecular complexity index is 393. The molecule has 0 aliphatic carbocycles. The Hall–Kier alpha value is -1.06. The van der Waals surface area contributed by atoms with E-state index >= 15 is 0 Å². The average molecular weight is 289 g/mol. The number of benzene rings is 1.